The molecule has 0 amide bonds. The Balaban J connectivity index is 2.48. The SMILES string of the molecule is COCOc1ccc(COO)cc1. The summed E-state index contributed by atoms with van der Waals surface area (Å²) >= 11 is 0. The number of rotatable bonds is 5. The molecule has 4 nitrogen and oxygen atoms in total. The third kappa shape index (κ3) is 3.42. The smallest absolute Gasteiger partial charge is 0.188 e. The Morgan fingerprint density at radius 3 is 2.46 bits per heavy atom. The van der Waals surface area contributed by atoms with E-state index in [-0.39, 0.29) is 13.4 Å². The summed E-state index contributed by atoms with van der Waals surface area (Å²) in [5.74, 6) is 0.725. The number of benzene rings is 1. The van der Waals surface area contributed by atoms with Crippen molar-refractivity contribution in [3.63, 3.8) is 0 Å². The third-order valence-corrected chi connectivity index (χ3v) is 1.50. The largest absolute Gasteiger partial charge is 0.468 e. The van der Waals surface area contributed by atoms with E-state index in [1.54, 1.807) is 31.4 Å². The Kier molecular flexibility index (Phi) is 4.25. The first-order valence-corrected chi connectivity index (χ1v) is 3.84. The van der Waals surface area contributed by atoms with E-state index < -0.39 is 0 Å². The molecule has 13 heavy (non-hydrogen) atoms. The second kappa shape index (κ2) is 5.53. The first kappa shape index (κ1) is 9.98. The summed E-state index contributed by atoms with van der Waals surface area (Å²) in [4.78, 5) is 3.98. The maximum absolute atomic E-state index is 8.18. The Morgan fingerprint density at radius 1 is 1.23 bits per heavy atom. The van der Waals surface area contributed by atoms with E-state index in [2.05, 4.69) is 4.89 Å². The number of hydrogen-bond acceptors (Lipinski definition) is 4. The maximum Gasteiger partial charge on any atom is 0.188 e. The van der Waals surface area contributed by atoms with Crippen LogP contribution in [0.2, 0.25) is 0 Å². The van der Waals surface area contributed by atoms with Crippen molar-refractivity contribution >= 4 is 0 Å². The van der Waals surface area contributed by atoms with Gasteiger partial charge in [0.1, 0.15) is 12.4 Å². The van der Waals surface area contributed by atoms with E-state index in [1.807, 2.05) is 0 Å². The van der Waals surface area contributed by atoms with Gasteiger partial charge in [0, 0.05) is 7.11 Å². The summed E-state index contributed by atoms with van der Waals surface area (Å²) in [6.45, 7) is 0.417. The molecule has 0 unspecified atom stereocenters. The van der Waals surface area contributed by atoms with E-state index in [0.717, 1.165) is 11.3 Å². The summed E-state index contributed by atoms with van der Waals surface area (Å²) in [6, 6.07) is 7.18. The molecule has 1 aromatic rings. The quantitative estimate of drug-likeness (QED) is 0.429. The highest BCUT2D eigenvalue weighted by atomic mass is 17.1. The Morgan fingerprint density at radius 2 is 1.92 bits per heavy atom. The molecule has 1 N–H and O–H groups in total. The van der Waals surface area contributed by atoms with Gasteiger partial charge in [-0.3, -0.25) is 5.26 Å². The van der Waals surface area contributed by atoms with Gasteiger partial charge in [0.15, 0.2) is 6.79 Å². The molecule has 0 radical (unpaired) electrons. The Labute approximate surface area is 76.6 Å². The number of hydrogen-bond donors (Lipinski definition) is 1. The van der Waals surface area contributed by atoms with Crippen LogP contribution in [0, 0.1) is 0 Å². The second-order valence-corrected chi connectivity index (χ2v) is 2.47. The molecule has 72 valence electrons. The van der Waals surface area contributed by atoms with Crippen LogP contribution >= 0.6 is 0 Å². The van der Waals surface area contributed by atoms with Crippen LogP contribution in [0.1, 0.15) is 5.56 Å². The van der Waals surface area contributed by atoms with Crippen molar-refractivity contribution < 1.29 is 19.6 Å². The van der Waals surface area contributed by atoms with Crippen LogP contribution in [-0.4, -0.2) is 19.2 Å². The highest BCUT2D eigenvalue weighted by Crippen LogP contribution is 2.12. The van der Waals surface area contributed by atoms with Crippen LogP contribution in [0.4, 0.5) is 0 Å². The van der Waals surface area contributed by atoms with Gasteiger partial charge in [-0.05, 0) is 17.7 Å². The fraction of sp³-hybridized carbons (Fsp3) is 0.333. The number of ether oxygens (including phenoxy) is 2. The van der Waals surface area contributed by atoms with Crippen LogP contribution in [0.15, 0.2) is 24.3 Å². The van der Waals surface area contributed by atoms with E-state index >= 15 is 0 Å². The minimum Gasteiger partial charge on any atom is -0.468 e. The normalized spacial score (nSPS) is 10.0. The van der Waals surface area contributed by atoms with Gasteiger partial charge in [0.25, 0.3) is 0 Å². The molecule has 0 aliphatic carbocycles. The van der Waals surface area contributed by atoms with Gasteiger partial charge in [0.05, 0.1) is 0 Å². The van der Waals surface area contributed by atoms with E-state index in [1.165, 1.54) is 0 Å². The molecule has 0 atom stereocenters. The van der Waals surface area contributed by atoms with Crippen molar-refractivity contribution in [1.29, 1.82) is 0 Å². The summed E-state index contributed by atoms with van der Waals surface area (Å²) in [6.07, 6.45) is 0. The molecule has 0 fully saturated rings. The monoisotopic (exact) mass is 184 g/mol. The van der Waals surface area contributed by atoms with Crippen LogP contribution in [-0.2, 0) is 16.2 Å². The lowest BCUT2D eigenvalue weighted by molar-refractivity contribution is -0.253. The van der Waals surface area contributed by atoms with Crippen molar-refractivity contribution in [1.82, 2.24) is 0 Å². The lowest BCUT2D eigenvalue weighted by atomic mass is 10.2. The molecule has 0 saturated heterocycles. The maximum atomic E-state index is 8.18. The summed E-state index contributed by atoms with van der Waals surface area (Å²) in [5.41, 5.74) is 0.882. The molecular weight excluding hydrogens is 172 g/mol. The molecule has 1 aromatic carbocycles. The molecule has 0 spiro atoms. The average molecular weight is 184 g/mol. The molecule has 0 heterocycles. The molecule has 0 bridgehead atoms. The van der Waals surface area contributed by atoms with Crippen molar-refractivity contribution in [2.75, 3.05) is 13.9 Å². The summed E-state index contributed by atoms with van der Waals surface area (Å²) in [7, 11) is 1.56. The van der Waals surface area contributed by atoms with Gasteiger partial charge in [0.2, 0.25) is 0 Å². The van der Waals surface area contributed by atoms with Crippen molar-refractivity contribution in [3.8, 4) is 5.75 Å². The molecule has 4 heteroatoms. The molecule has 0 saturated carbocycles. The summed E-state index contributed by atoms with van der Waals surface area (Å²) in [5, 5.41) is 8.18. The Bertz CT molecular complexity index is 232. The molecule has 1 rings (SSSR count). The topological polar surface area (TPSA) is 47.9 Å². The molecule has 0 aromatic heterocycles. The third-order valence-electron chi connectivity index (χ3n) is 1.50. The van der Waals surface area contributed by atoms with Gasteiger partial charge < -0.3 is 9.47 Å². The second-order valence-electron chi connectivity index (χ2n) is 2.47. The van der Waals surface area contributed by atoms with Crippen molar-refractivity contribution in [2.24, 2.45) is 0 Å². The lowest BCUT2D eigenvalue weighted by Crippen LogP contribution is -1.98. The zero-order valence-electron chi connectivity index (χ0n) is 7.40. The fourth-order valence-corrected chi connectivity index (χ4v) is 0.883. The lowest BCUT2D eigenvalue weighted by Gasteiger charge is -2.04. The minimum absolute atomic E-state index is 0.185. The molecule has 0 aliphatic rings. The fourth-order valence-electron chi connectivity index (χ4n) is 0.883. The average Bonchev–Trinajstić information content (AvgIpc) is 2.17. The van der Waals surface area contributed by atoms with Crippen molar-refractivity contribution in [2.45, 2.75) is 6.61 Å². The van der Waals surface area contributed by atoms with Crippen LogP contribution < -0.4 is 4.74 Å². The van der Waals surface area contributed by atoms with E-state index in [0.29, 0.717) is 0 Å². The van der Waals surface area contributed by atoms with E-state index in [9.17, 15) is 0 Å². The first-order chi connectivity index (χ1) is 6.36. The van der Waals surface area contributed by atoms with Gasteiger partial charge in [-0.2, -0.15) is 0 Å². The predicted molar refractivity (Wildman–Crippen MR) is 46.4 cm³/mol. The van der Waals surface area contributed by atoms with Crippen LogP contribution in [0.5, 0.6) is 5.75 Å². The number of methoxy groups -OCH3 is 1. The van der Waals surface area contributed by atoms with Gasteiger partial charge in [-0.1, -0.05) is 12.1 Å². The molecule has 0 aliphatic heterocycles. The molecular formula is C9H12O4. The van der Waals surface area contributed by atoms with Gasteiger partial charge >= 0.3 is 0 Å². The predicted octanol–water partition coefficient (Wildman–Crippen LogP) is 1.66. The Hall–Kier alpha value is -1.10. The van der Waals surface area contributed by atoms with Gasteiger partial charge in [-0.15, -0.1) is 0 Å². The summed E-state index contributed by atoms with van der Waals surface area (Å²) < 4.78 is 9.90. The zero-order chi connectivity index (χ0) is 9.52. The first-order valence-electron chi connectivity index (χ1n) is 3.84. The standard InChI is InChI=1S/C9H12O4/c1-11-7-12-9-4-2-8(3-5-9)6-13-10/h2-5,10H,6-7H2,1H3. The minimum atomic E-state index is 0.185. The van der Waals surface area contributed by atoms with Crippen LogP contribution in [0.25, 0.3) is 0 Å². The van der Waals surface area contributed by atoms with Gasteiger partial charge in [-0.25, -0.2) is 4.89 Å². The van der Waals surface area contributed by atoms with Crippen LogP contribution in [0.3, 0.4) is 0 Å². The highest BCUT2D eigenvalue weighted by Gasteiger charge is 1.94. The highest BCUT2D eigenvalue weighted by molar-refractivity contribution is 5.26. The zero-order valence-corrected chi connectivity index (χ0v) is 7.40. The van der Waals surface area contributed by atoms with E-state index in [4.69, 9.17) is 14.7 Å². The van der Waals surface area contributed by atoms with Crippen molar-refractivity contribution in [3.05, 3.63) is 29.8 Å².